The highest BCUT2D eigenvalue weighted by Crippen LogP contribution is 2.30. The van der Waals surface area contributed by atoms with E-state index in [1.807, 2.05) is 12.1 Å². The van der Waals surface area contributed by atoms with Gasteiger partial charge >= 0.3 is 5.97 Å². The van der Waals surface area contributed by atoms with Crippen LogP contribution in [0.2, 0.25) is 0 Å². The summed E-state index contributed by atoms with van der Waals surface area (Å²) in [7, 11) is 0. The number of fused-ring (bicyclic) bond motifs is 1. The molecule has 3 aromatic heterocycles. The van der Waals surface area contributed by atoms with Crippen LogP contribution >= 0.6 is 0 Å². The number of carbonyl (C=O) groups is 2. The van der Waals surface area contributed by atoms with Crippen molar-refractivity contribution in [3.63, 3.8) is 0 Å². The molecule has 2 saturated heterocycles. The van der Waals surface area contributed by atoms with Crippen LogP contribution in [0.5, 0.6) is 5.88 Å². The number of carbonyl (C=O) groups excluding carboxylic acids is 1. The second-order valence-electron chi connectivity index (χ2n) is 10.8. The van der Waals surface area contributed by atoms with Crippen LogP contribution in [0, 0.1) is 0 Å². The molecular weight excluding hydrogens is 522 g/mol. The number of nitrogens with zero attached hydrogens (tertiary/aromatic N) is 5. The predicted molar refractivity (Wildman–Crippen MR) is 151 cm³/mol. The molecule has 2 fully saturated rings. The molecule has 0 bridgehead atoms. The number of ether oxygens (including phenoxy) is 2. The lowest BCUT2D eigenvalue weighted by Crippen LogP contribution is -2.35. The Kier molecular flexibility index (Phi) is 7.76. The summed E-state index contributed by atoms with van der Waals surface area (Å²) in [4.78, 5) is 39.4. The fourth-order valence-electron chi connectivity index (χ4n) is 5.45. The lowest BCUT2D eigenvalue weighted by atomic mass is 9.93. The number of carboxylic acid groups (broad SMARTS) is 1. The van der Waals surface area contributed by atoms with Gasteiger partial charge in [-0.05, 0) is 75.7 Å². The zero-order valence-corrected chi connectivity index (χ0v) is 23.0. The molecular formula is C31H33N5O5. The van der Waals surface area contributed by atoms with E-state index in [4.69, 9.17) is 19.4 Å². The summed E-state index contributed by atoms with van der Waals surface area (Å²) >= 11 is 0. The van der Waals surface area contributed by atoms with Crippen LogP contribution in [0.1, 0.15) is 70.0 Å². The molecule has 5 heterocycles. The highest BCUT2D eigenvalue weighted by Gasteiger charge is 2.26. The van der Waals surface area contributed by atoms with E-state index < -0.39 is 5.97 Å². The van der Waals surface area contributed by atoms with Crippen molar-refractivity contribution >= 4 is 22.8 Å². The largest absolute Gasteiger partial charge is 0.478 e. The molecule has 0 radical (unpaired) electrons. The van der Waals surface area contributed by atoms with Crippen molar-refractivity contribution in [3.05, 3.63) is 83.1 Å². The number of aromatic nitrogens is 4. The molecule has 212 valence electrons. The smallest absolute Gasteiger partial charge is 0.335 e. The van der Waals surface area contributed by atoms with E-state index in [1.165, 1.54) is 6.92 Å². The molecule has 2 aliphatic rings. The number of hydrogen-bond acceptors (Lipinski definition) is 8. The van der Waals surface area contributed by atoms with Crippen molar-refractivity contribution < 1.29 is 24.2 Å². The van der Waals surface area contributed by atoms with Crippen LogP contribution in [0.4, 0.5) is 0 Å². The van der Waals surface area contributed by atoms with Gasteiger partial charge in [0.2, 0.25) is 5.88 Å². The lowest BCUT2D eigenvalue weighted by molar-refractivity contribution is -0.0592. The maximum atomic E-state index is 11.6. The number of imidazole rings is 1. The van der Waals surface area contributed by atoms with Gasteiger partial charge in [-0.3, -0.25) is 14.7 Å². The normalized spacial score (nSPS) is 17.8. The van der Waals surface area contributed by atoms with Gasteiger partial charge in [-0.2, -0.15) is 0 Å². The fraction of sp³-hybridized carbons (Fsp3) is 0.387. The first-order valence-corrected chi connectivity index (χ1v) is 14.0. The fourth-order valence-corrected chi connectivity index (χ4v) is 5.45. The maximum absolute atomic E-state index is 11.6. The van der Waals surface area contributed by atoms with Gasteiger partial charge < -0.3 is 19.1 Å². The number of Topliss-reactive ketones (excluding diaryl/α,β-unsaturated/α-hetero) is 1. The monoisotopic (exact) mass is 555 g/mol. The van der Waals surface area contributed by atoms with Gasteiger partial charge in [0.25, 0.3) is 0 Å². The van der Waals surface area contributed by atoms with Crippen molar-refractivity contribution in [2.75, 3.05) is 19.7 Å². The van der Waals surface area contributed by atoms with E-state index >= 15 is 0 Å². The Morgan fingerprint density at radius 3 is 2.54 bits per heavy atom. The molecule has 4 aromatic rings. The first-order valence-electron chi connectivity index (χ1n) is 14.0. The quantitative estimate of drug-likeness (QED) is 0.283. The average molecular weight is 556 g/mol. The van der Waals surface area contributed by atoms with E-state index in [0.29, 0.717) is 30.5 Å². The summed E-state index contributed by atoms with van der Waals surface area (Å²) in [5.74, 6) is 0.890. The highest BCUT2D eigenvalue weighted by atomic mass is 16.5. The van der Waals surface area contributed by atoms with Gasteiger partial charge in [0.15, 0.2) is 5.78 Å². The topological polar surface area (TPSA) is 120 Å². The van der Waals surface area contributed by atoms with Gasteiger partial charge in [-0.1, -0.05) is 6.07 Å². The van der Waals surface area contributed by atoms with E-state index in [-0.39, 0.29) is 24.1 Å². The number of piperidine rings is 1. The van der Waals surface area contributed by atoms with Crippen LogP contribution in [-0.4, -0.2) is 67.1 Å². The Morgan fingerprint density at radius 1 is 1.05 bits per heavy atom. The first kappa shape index (κ1) is 27.0. The number of pyridine rings is 2. The standard InChI is InChI=1S/C31H33N5O5/c1-20(37)23-5-7-24(32-16-23)19-41-30-4-2-3-26(34-30)21-9-12-35(13-10-21)18-29-33-27-8-6-22(31(38)39)15-28(27)36(29)17-25-11-14-40-25/h2-8,15-16,21,25H,9-14,17-19H2,1H3,(H,38,39). The molecule has 10 heteroatoms. The van der Waals surface area contributed by atoms with Crippen molar-refractivity contribution in [2.24, 2.45) is 0 Å². The Morgan fingerprint density at radius 2 is 1.85 bits per heavy atom. The second kappa shape index (κ2) is 11.8. The zero-order valence-electron chi connectivity index (χ0n) is 23.0. The molecule has 6 rings (SSSR count). The summed E-state index contributed by atoms with van der Waals surface area (Å²) in [6.07, 6.45) is 4.66. The number of aromatic carboxylic acids is 1. The minimum absolute atomic E-state index is 0.0124. The molecule has 1 N–H and O–H groups in total. The number of hydrogen-bond donors (Lipinski definition) is 1. The lowest BCUT2D eigenvalue weighted by Gasteiger charge is -2.32. The molecule has 0 aliphatic carbocycles. The van der Waals surface area contributed by atoms with Crippen molar-refractivity contribution in [3.8, 4) is 5.88 Å². The molecule has 10 nitrogen and oxygen atoms in total. The van der Waals surface area contributed by atoms with Crippen LogP contribution in [0.25, 0.3) is 11.0 Å². The Balaban J connectivity index is 1.09. The molecule has 0 spiro atoms. The van der Waals surface area contributed by atoms with E-state index in [9.17, 15) is 14.7 Å². The minimum atomic E-state index is -0.939. The Bertz CT molecular complexity index is 1560. The molecule has 1 atom stereocenters. The summed E-state index contributed by atoms with van der Waals surface area (Å²) < 4.78 is 13.7. The van der Waals surface area contributed by atoms with Crippen LogP contribution in [0.15, 0.2) is 54.7 Å². The zero-order chi connectivity index (χ0) is 28.3. The van der Waals surface area contributed by atoms with Crippen LogP contribution in [0.3, 0.4) is 0 Å². The molecule has 0 saturated carbocycles. The summed E-state index contributed by atoms with van der Waals surface area (Å²) in [5, 5.41) is 9.50. The third kappa shape index (κ3) is 6.13. The van der Waals surface area contributed by atoms with Crippen LogP contribution < -0.4 is 4.74 Å². The van der Waals surface area contributed by atoms with Crippen LogP contribution in [-0.2, 0) is 24.4 Å². The summed E-state index contributed by atoms with van der Waals surface area (Å²) in [6.45, 7) is 5.77. The third-order valence-electron chi connectivity index (χ3n) is 7.97. The first-order chi connectivity index (χ1) is 19.9. The van der Waals surface area contributed by atoms with E-state index in [0.717, 1.165) is 67.2 Å². The van der Waals surface area contributed by atoms with E-state index in [1.54, 1.807) is 36.5 Å². The van der Waals surface area contributed by atoms with Gasteiger partial charge in [-0.25, -0.2) is 14.8 Å². The van der Waals surface area contributed by atoms with Gasteiger partial charge in [-0.15, -0.1) is 0 Å². The summed E-state index contributed by atoms with van der Waals surface area (Å²) in [5.41, 5.74) is 4.27. The van der Waals surface area contributed by atoms with Gasteiger partial charge in [0.1, 0.15) is 12.4 Å². The van der Waals surface area contributed by atoms with Crippen molar-refractivity contribution in [1.29, 1.82) is 0 Å². The molecule has 1 aromatic carbocycles. The second-order valence-corrected chi connectivity index (χ2v) is 10.8. The molecule has 1 unspecified atom stereocenters. The molecule has 2 aliphatic heterocycles. The SMILES string of the molecule is CC(=O)c1ccc(COc2cccc(C3CCN(Cc4nc5ccc(C(=O)O)cc5n4CC4CCO4)CC3)n2)nc1. The number of benzene rings is 1. The minimum Gasteiger partial charge on any atom is -0.478 e. The number of carboxylic acids is 1. The van der Waals surface area contributed by atoms with Gasteiger partial charge in [0.05, 0.1) is 41.5 Å². The Hall–Kier alpha value is -4.15. The number of ketones is 1. The Labute approximate surface area is 238 Å². The molecule has 0 amide bonds. The van der Waals surface area contributed by atoms with Crippen molar-refractivity contribution in [2.45, 2.75) is 57.9 Å². The number of likely N-dealkylation sites (tertiary alicyclic amines) is 1. The average Bonchev–Trinajstić information content (AvgIpc) is 3.30. The third-order valence-corrected chi connectivity index (χ3v) is 7.97. The summed E-state index contributed by atoms with van der Waals surface area (Å²) in [6, 6.07) is 14.6. The van der Waals surface area contributed by atoms with E-state index in [2.05, 4.69) is 20.5 Å². The predicted octanol–water partition coefficient (Wildman–Crippen LogP) is 4.47. The van der Waals surface area contributed by atoms with Gasteiger partial charge in [0, 0.05) is 36.0 Å². The highest BCUT2D eigenvalue weighted by molar-refractivity contribution is 5.93. The molecule has 41 heavy (non-hydrogen) atoms. The number of rotatable bonds is 10. The maximum Gasteiger partial charge on any atom is 0.335 e. The van der Waals surface area contributed by atoms with Crippen molar-refractivity contribution in [1.82, 2.24) is 24.4 Å².